The van der Waals surface area contributed by atoms with Crippen LogP contribution in [-0.4, -0.2) is 40.5 Å². The number of para-hydroxylation sites is 1. The molecule has 0 aliphatic rings. The van der Waals surface area contributed by atoms with E-state index in [1.54, 1.807) is 42.5 Å². The number of hydrogen-bond donors (Lipinski definition) is 2. The number of aromatic nitrogens is 2. The van der Waals surface area contributed by atoms with E-state index in [2.05, 4.69) is 20.6 Å². The summed E-state index contributed by atoms with van der Waals surface area (Å²) in [5.41, 5.74) is 0.856. The van der Waals surface area contributed by atoms with E-state index < -0.39 is 22.5 Å². The quantitative estimate of drug-likeness (QED) is 0.264. The highest BCUT2D eigenvalue weighted by Crippen LogP contribution is 2.33. The van der Waals surface area contributed by atoms with E-state index in [9.17, 15) is 19.7 Å². The fourth-order valence-electron chi connectivity index (χ4n) is 2.89. The lowest BCUT2D eigenvalue weighted by atomic mass is 10.1. The van der Waals surface area contributed by atoms with E-state index in [4.69, 9.17) is 9.47 Å². The first-order chi connectivity index (χ1) is 16.3. The smallest absolute Gasteiger partial charge is 0.353 e. The molecule has 0 saturated carbocycles. The Balaban J connectivity index is 1.86. The molecule has 1 heterocycles. The first-order valence-electron chi connectivity index (χ1n) is 10.3. The Bertz CT molecular complexity index is 1200. The molecule has 34 heavy (non-hydrogen) atoms. The van der Waals surface area contributed by atoms with Crippen molar-refractivity contribution in [2.24, 2.45) is 5.92 Å². The van der Waals surface area contributed by atoms with Gasteiger partial charge in [-0.1, -0.05) is 26.0 Å². The van der Waals surface area contributed by atoms with Gasteiger partial charge in [0.1, 0.15) is 6.33 Å². The number of nitro groups is 1. The maximum absolute atomic E-state index is 12.1. The van der Waals surface area contributed by atoms with Gasteiger partial charge in [0.05, 0.1) is 35.5 Å². The molecule has 2 N–H and O–H groups in total. The Morgan fingerprint density at radius 1 is 1.00 bits per heavy atom. The molecule has 2 aromatic carbocycles. The minimum Gasteiger partial charge on any atom is -0.465 e. The third kappa shape index (κ3) is 5.82. The molecular formula is C23H23N5O6. The van der Waals surface area contributed by atoms with Crippen molar-refractivity contribution in [3.63, 3.8) is 0 Å². The summed E-state index contributed by atoms with van der Waals surface area (Å²) in [6.07, 6.45) is 1.15. The molecule has 0 fully saturated rings. The summed E-state index contributed by atoms with van der Waals surface area (Å²) < 4.78 is 9.95. The second kappa shape index (κ2) is 10.9. The van der Waals surface area contributed by atoms with Gasteiger partial charge in [0, 0.05) is 5.69 Å². The van der Waals surface area contributed by atoms with Crippen LogP contribution >= 0.6 is 0 Å². The van der Waals surface area contributed by atoms with Gasteiger partial charge >= 0.3 is 17.6 Å². The number of rotatable bonds is 9. The molecule has 0 atom stereocenters. The van der Waals surface area contributed by atoms with Crippen molar-refractivity contribution in [2.75, 3.05) is 24.4 Å². The summed E-state index contributed by atoms with van der Waals surface area (Å²) in [5, 5.41) is 17.5. The maximum Gasteiger partial charge on any atom is 0.353 e. The van der Waals surface area contributed by atoms with Gasteiger partial charge in [0.2, 0.25) is 11.6 Å². The minimum atomic E-state index is -0.636. The number of methoxy groups -OCH3 is 1. The highest BCUT2D eigenvalue weighted by atomic mass is 16.6. The van der Waals surface area contributed by atoms with E-state index in [1.807, 2.05) is 13.8 Å². The molecule has 0 saturated heterocycles. The summed E-state index contributed by atoms with van der Waals surface area (Å²) in [6.45, 7) is 4.18. The topological polar surface area (TPSA) is 146 Å². The monoisotopic (exact) mass is 465 g/mol. The third-order valence-corrected chi connectivity index (χ3v) is 4.52. The second-order valence-electron chi connectivity index (χ2n) is 7.53. The zero-order valence-corrected chi connectivity index (χ0v) is 18.8. The molecule has 0 bridgehead atoms. The molecule has 11 heteroatoms. The number of benzene rings is 2. The van der Waals surface area contributed by atoms with E-state index in [0.717, 1.165) is 6.33 Å². The van der Waals surface area contributed by atoms with E-state index in [-0.39, 0.29) is 28.8 Å². The van der Waals surface area contributed by atoms with Crippen LogP contribution in [0.15, 0.2) is 54.9 Å². The van der Waals surface area contributed by atoms with Gasteiger partial charge in [-0.05, 0) is 42.3 Å². The minimum absolute atomic E-state index is 0.0758. The Labute approximate surface area is 195 Å². The summed E-state index contributed by atoms with van der Waals surface area (Å²) in [7, 11) is 1.24. The van der Waals surface area contributed by atoms with Crippen LogP contribution in [0.1, 0.15) is 34.6 Å². The van der Waals surface area contributed by atoms with Crippen LogP contribution in [0, 0.1) is 16.0 Å². The Kier molecular flexibility index (Phi) is 7.70. The number of nitrogens with zero attached hydrogens (tertiary/aromatic N) is 3. The number of hydrogen-bond acceptors (Lipinski definition) is 10. The molecule has 3 aromatic rings. The van der Waals surface area contributed by atoms with E-state index >= 15 is 0 Å². The van der Waals surface area contributed by atoms with Crippen molar-refractivity contribution in [2.45, 2.75) is 13.8 Å². The molecule has 11 nitrogen and oxygen atoms in total. The van der Waals surface area contributed by atoms with Crippen LogP contribution in [0.3, 0.4) is 0 Å². The standard InChI is InChI=1S/C23H23N5O6/c1-14(2)12-34-22(29)15-8-10-16(11-9-15)26-20-19(28(31)32)21(25-13-24-20)27-18-7-5-4-6-17(18)23(30)33-3/h4-11,13-14H,12H2,1-3H3,(H2,24,25,26,27). The molecule has 0 radical (unpaired) electrons. The molecule has 0 unspecified atom stereocenters. The molecule has 0 aliphatic heterocycles. The van der Waals surface area contributed by atoms with Crippen LogP contribution in [-0.2, 0) is 9.47 Å². The highest BCUT2D eigenvalue weighted by Gasteiger charge is 2.25. The average molecular weight is 465 g/mol. The molecule has 0 aliphatic carbocycles. The van der Waals surface area contributed by atoms with Gasteiger partial charge in [-0.3, -0.25) is 10.1 Å². The van der Waals surface area contributed by atoms with Crippen molar-refractivity contribution in [1.82, 2.24) is 9.97 Å². The summed E-state index contributed by atoms with van der Waals surface area (Å²) in [5.74, 6) is -1.04. The predicted molar refractivity (Wildman–Crippen MR) is 125 cm³/mol. The van der Waals surface area contributed by atoms with Crippen molar-refractivity contribution in [3.8, 4) is 0 Å². The Morgan fingerprint density at radius 2 is 1.65 bits per heavy atom. The number of carbonyl (C=O) groups is 2. The van der Waals surface area contributed by atoms with Crippen LogP contribution in [0.5, 0.6) is 0 Å². The number of carbonyl (C=O) groups excluding carboxylic acids is 2. The fourth-order valence-corrected chi connectivity index (χ4v) is 2.89. The lowest BCUT2D eigenvalue weighted by Crippen LogP contribution is -2.10. The second-order valence-corrected chi connectivity index (χ2v) is 7.53. The van der Waals surface area contributed by atoms with Gasteiger partial charge in [-0.2, -0.15) is 0 Å². The number of ether oxygens (including phenoxy) is 2. The molecule has 1 aromatic heterocycles. The van der Waals surface area contributed by atoms with Gasteiger partial charge in [-0.15, -0.1) is 0 Å². The van der Waals surface area contributed by atoms with E-state index in [0.29, 0.717) is 17.9 Å². The Hall–Kier alpha value is -4.54. The zero-order chi connectivity index (χ0) is 24.7. The van der Waals surface area contributed by atoms with Crippen LogP contribution in [0.4, 0.5) is 28.7 Å². The van der Waals surface area contributed by atoms with Gasteiger partial charge in [0.15, 0.2) is 0 Å². The first kappa shape index (κ1) is 24.1. The maximum atomic E-state index is 12.1. The van der Waals surface area contributed by atoms with Crippen LogP contribution in [0.25, 0.3) is 0 Å². The zero-order valence-electron chi connectivity index (χ0n) is 18.8. The summed E-state index contributed by atoms with van der Waals surface area (Å²) >= 11 is 0. The Morgan fingerprint density at radius 3 is 2.26 bits per heavy atom. The predicted octanol–water partition coefficient (Wildman–Crippen LogP) is 4.47. The molecule has 3 rings (SSSR count). The highest BCUT2D eigenvalue weighted by molar-refractivity contribution is 5.97. The largest absolute Gasteiger partial charge is 0.465 e. The van der Waals surface area contributed by atoms with Crippen molar-refractivity contribution < 1.29 is 24.0 Å². The summed E-state index contributed by atoms with van der Waals surface area (Å²) in [4.78, 5) is 43.3. The van der Waals surface area contributed by atoms with Crippen molar-refractivity contribution >= 4 is 40.6 Å². The molecular weight excluding hydrogens is 442 g/mol. The lowest BCUT2D eigenvalue weighted by molar-refractivity contribution is -0.383. The number of esters is 2. The van der Waals surface area contributed by atoms with Crippen molar-refractivity contribution in [1.29, 1.82) is 0 Å². The van der Waals surface area contributed by atoms with Crippen LogP contribution < -0.4 is 10.6 Å². The third-order valence-electron chi connectivity index (χ3n) is 4.52. The number of nitrogens with one attached hydrogen (secondary N) is 2. The normalized spacial score (nSPS) is 10.5. The SMILES string of the molecule is COC(=O)c1ccccc1Nc1ncnc(Nc2ccc(C(=O)OCC(C)C)cc2)c1[N+](=O)[O-]. The molecule has 0 spiro atoms. The molecule has 176 valence electrons. The van der Waals surface area contributed by atoms with Gasteiger partial charge in [-0.25, -0.2) is 19.6 Å². The first-order valence-corrected chi connectivity index (χ1v) is 10.3. The van der Waals surface area contributed by atoms with Gasteiger partial charge in [0.25, 0.3) is 0 Å². The van der Waals surface area contributed by atoms with Crippen molar-refractivity contribution in [3.05, 3.63) is 76.1 Å². The number of anilines is 4. The lowest BCUT2D eigenvalue weighted by Gasteiger charge is -2.12. The van der Waals surface area contributed by atoms with Crippen LogP contribution in [0.2, 0.25) is 0 Å². The fraction of sp³-hybridized carbons (Fsp3) is 0.217. The molecule has 0 amide bonds. The summed E-state index contributed by atoms with van der Waals surface area (Å²) in [6, 6.07) is 12.6. The van der Waals surface area contributed by atoms with Gasteiger partial charge < -0.3 is 20.1 Å². The average Bonchev–Trinajstić information content (AvgIpc) is 2.82. The van der Waals surface area contributed by atoms with E-state index in [1.165, 1.54) is 13.2 Å².